The molecular formula is C11H14Br2N4S. The summed E-state index contributed by atoms with van der Waals surface area (Å²) in [6.45, 7) is 3.02. The lowest BCUT2D eigenvalue weighted by atomic mass is 10.1. The Hall–Kier alpha value is -0.240. The molecule has 2 rings (SSSR count). The van der Waals surface area contributed by atoms with Crippen LogP contribution in [0.2, 0.25) is 0 Å². The molecule has 0 saturated heterocycles. The first-order chi connectivity index (χ1) is 8.67. The molecule has 7 heteroatoms. The number of thiophene rings is 1. The van der Waals surface area contributed by atoms with Gasteiger partial charge in [0, 0.05) is 12.1 Å². The second kappa shape index (κ2) is 6.27. The summed E-state index contributed by atoms with van der Waals surface area (Å²) in [5.41, 5.74) is 2.29. The molecule has 0 aliphatic rings. The van der Waals surface area contributed by atoms with Crippen LogP contribution in [0.3, 0.4) is 0 Å². The molecular weight excluding hydrogens is 380 g/mol. The van der Waals surface area contributed by atoms with Crippen molar-refractivity contribution in [2.45, 2.75) is 25.9 Å². The maximum Gasteiger partial charge on any atom is 0.0802 e. The zero-order valence-electron chi connectivity index (χ0n) is 10.2. The van der Waals surface area contributed by atoms with Crippen LogP contribution in [0.5, 0.6) is 0 Å². The molecule has 0 bridgehead atoms. The maximum atomic E-state index is 4.14. The van der Waals surface area contributed by atoms with Crippen molar-refractivity contribution in [3.8, 4) is 0 Å². The van der Waals surface area contributed by atoms with E-state index in [-0.39, 0.29) is 6.04 Å². The predicted molar refractivity (Wildman–Crippen MR) is 80.9 cm³/mol. The molecule has 2 aromatic rings. The Morgan fingerprint density at radius 3 is 2.83 bits per heavy atom. The summed E-state index contributed by atoms with van der Waals surface area (Å²) in [4.78, 5) is 0. The Balaban J connectivity index is 2.39. The van der Waals surface area contributed by atoms with Gasteiger partial charge in [0.2, 0.25) is 0 Å². The Kier molecular flexibility index (Phi) is 4.94. The van der Waals surface area contributed by atoms with Gasteiger partial charge in [0.25, 0.3) is 0 Å². The summed E-state index contributed by atoms with van der Waals surface area (Å²) in [6.07, 6.45) is 2.87. The van der Waals surface area contributed by atoms with Crippen molar-refractivity contribution < 1.29 is 0 Å². The molecule has 0 saturated carbocycles. The van der Waals surface area contributed by atoms with Crippen LogP contribution in [0.15, 0.2) is 19.8 Å². The van der Waals surface area contributed by atoms with Gasteiger partial charge in [-0.2, -0.15) is 0 Å². The van der Waals surface area contributed by atoms with Gasteiger partial charge in [-0.05, 0) is 51.4 Å². The molecule has 0 aliphatic carbocycles. The van der Waals surface area contributed by atoms with Gasteiger partial charge in [0.1, 0.15) is 0 Å². The van der Waals surface area contributed by atoms with E-state index in [9.17, 15) is 0 Å². The largest absolute Gasteiger partial charge is 0.308 e. The van der Waals surface area contributed by atoms with E-state index in [4.69, 9.17) is 0 Å². The van der Waals surface area contributed by atoms with Crippen molar-refractivity contribution >= 4 is 43.2 Å². The van der Waals surface area contributed by atoms with Crippen molar-refractivity contribution in [1.82, 2.24) is 20.3 Å². The lowest BCUT2D eigenvalue weighted by Gasteiger charge is -2.16. The molecule has 0 amide bonds. The van der Waals surface area contributed by atoms with Crippen LogP contribution in [0.4, 0.5) is 0 Å². The Bertz CT molecular complexity index is 523. The fourth-order valence-electron chi connectivity index (χ4n) is 1.89. The van der Waals surface area contributed by atoms with E-state index in [1.807, 2.05) is 17.9 Å². The van der Waals surface area contributed by atoms with E-state index in [1.54, 1.807) is 11.3 Å². The van der Waals surface area contributed by atoms with Crippen molar-refractivity contribution in [2.24, 2.45) is 0 Å². The van der Waals surface area contributed by atoms with E-state index in [1.165, 1.54) is 5.56 Å². The van der Waals surface area contributed by atoms with Gasteiger partial charge in [-0.3, -0.25) is 0 Å². The predicted octanol–water partition coefficient (Wildman–Crippen LogP) is 3.58. The number of rotatable bonds is 5. The van der Waals surface area contributed by atoms with Crippen molar-refractivity contribution in [2.75, 3.05) is 7.05 Å². The molecule has 0 aliphatic heterocycles. The molecule has 1 atom stereocenters. The molecule has 0 fully saturated rings. The van der Waals surface area contributed by atoms with Gasteiger partial charge < -0.3 is 5.32 Å². The molecule has 0 aromatic carbocycles. The lowest BCUT2D eigenvalue weighted by Crippen LogP contribution is -2.21. The Morgan fingerprint density at radius 2 is 2.28 bits per heavy atom. The summed E-state index contributed by atoms with van der Waals surface area (Å²) in [5, 5.41) is 11.5. The van der Waals surface area contributed by atoms with Crippen molar-refractivity contribution in [3.63, 3.8) is 0 Å². The monoisotopic (exact) mass is 392 g/mol. The van der Waals surface area contributed by atoms with Gasteiger partial charge in [0.15, 0.2) is 0 Å². The number of nitrogens with one attached hydrogen (secondary N) is 1. The number of halogens is 2. The quantitative estimate of drug-likeness (QED) is 0.843. The SMILES string of the molecule is CCCn1nncc1C(NC)c1cc(Br)sc1Br. The van der Waals surface area contributed by atoms with Crippen LogP contribution in [-0.2, 0) is 6.54 Å². The topological polar surface area (TPSA) is 42.7 Å². The molecule has 18 heavy (non-hydrogen) atoms. The molecule has 0 radical (unpaired) electrons. The fraction of sp³-hybridized carbons (Fsp3) is 0.455. The third-order valence-electron chi connectivity index (χ3n) is 2.66. The Labute approximate surface area is 127 Å². The number of aryl methyl sites for hydroxylation is 1. The lowest BCUT2D eigenvalue weighted by molar-refractivity contribution is 0.523. The van der Waals surface area contributed by atoms with Crippen LogP contribution in [0.25, 0.3) is 0 Å². The zero-order chi connectivity index (χ0) is 13.1. The highest BCUT2D eigenvalue weighted by Gasteiger charge is 2.21. The molecule has 4 nitrogen and oxygen atoms in total. The first kappa shape index (κ1) is 14.2. The zero-order valence-corrected chi connectivity index (χ0v) is 14.1. The molecule has 98 valence electrons. The minimum absolute atomic E-state index is 0.100. The molecule has 0 spiro atoms. The van der Waals surface area contributed by atoms with E-state index in [0.717, 1.165) is 26.2 Å². The van der Waals surface area contributed by atoms with Gasteiger partial charge >= 0.3 is 0 Å². The molecule has 2 heterocycles. The number of aromatic nitrogens is 3. The van der Waals surface area contributed by atoms with Gasteiger partial charge in [0.05, 0.1) is 25.5 Å². The standard InChI is InChI=1S/C11H14Br2N4S/c1-3-4-17-8(6-15-16-17)10(14-2)7-5-9(12)18-11(7)13/h5-6,10,14H,3-4H2,1-2H3. The van der Waals surface area contributed by atoms with Crippen LogP contribution in [-0.4, -0.2) is 22.0 Å². The number of nitrogens with zero attached hydrogens (tertiary/aromatic N) is 3. The van der Waals surface area contributed by atoms with Gasteiger partial charge in [-0.15, -0.1) is 16.4 Å². The first-order valence-corrected chi connectivity index (χ1v) is 8.08. The van der Waals surface area contributed by atoms with Gasteiger partial charge in [-0.1, -0.05) is 12.1 Å². The molecule has 1 N–H and O–H groups in total. The minimum Gasteiger partial charge on any atom is -0.308 e. The number of hydrogen-bond acceptors (Lipinski definition) is 4. The van der Waals surface area contributed by atoms with Crippen molar-refractivity contribution in [3.05, 3.63) is 31.1 Å². The maximum absolute atomic E-state index is 4.14. The van der Waals surface area contributed by atoms with E-state index in [0.29, 0.717) is 0 Å². The smallest absolute Gasteiger partial charge is 0.0802 e. The van der Waals surface area contributed by atoms with Crippen LogP contribution >= 0.6 is 43.2 Å². The highest BCUT2D eigenvalue weighted by Crippen LogP contribution is 2.37. The average molecular weight is 394 g/mol. The highest BCUT2D eigenvalue weighted by molar-refractivity contribution is 9.12. The minimum atomic E-state index is 0.100. The van der Waals surface area contributed by atoms with Crippen LogP contribution in [0, 0.1) is 0 Å². The second-order valence-corrected chi connectivity index (χ2v) is 7.63. The van der Waals surface area contributed by atoms with Crippen molar-refractivity contribution in [1.29, 1.82) is 0 Å². The fourth-order valence-corrected chi connectivity index (χ4v) is 4.79. The van der Waals surface area contributed by atoms with E-state index in [2.05, 4.69) is 60.5 Å². The Morgan fingerprint density at radius 1 is 1.50 bits per heavy atom. The molecule has 2 aromatic heterocycles. The summed E-state index contributed by atoms with van der Waals surface area (Å²) < 4.78 is 4.19. The third kappa shape index (κ3) is 2.84. The number of hydrogen-bond donors (Lipinski definition) is 1. The summed E-state index contributed by atoms with van der Waals surface area (Å²) in [6, 6.07) is 2.22. The summed E-state index contributed by atoms with van der Waals surface area (Å²) >= 11 is 8.79. The van der Waals surface area contributed by atoms with Crippen LogP contribution in [0.1, 0.15) is 30.6 Å². The summed E-state index contributed by atoms with van der Waals surface area (Å²) in [5.74, 6) is 0. The van der Waals surface area contributed by atoms with E-state index < -0.39 is 0 Å². The summed E-state index contributed by atoms with van der Waals surface area (Å²) in [7, 11) is 1.95. The second-order valence-electron chi connectivity index (χ2n) is 3.88. The van der Waals surface area contributed by atoms with Gasteiger partial charge in [-0.25, -0.2) is 4.68 Å². The van der Waals surface area contributed by atoms with Crippen LogP contribution < -0.4 is 5.32 Å². The normalized spacial score (nSPS) is 12.9. The molecule has 1 unspecified atom stereocenters. The highest BCUT2D eigenvalue weighted by atomic mass is 79.9. The first-order valence-electron chi connectivity index (χ1n) is 5.67. The van der Waals surface area contributed by atoms with E-state index >= 15 is 0 Å². The average Bonchev–Trinajstić information content (AvgIpc) is 2.89. The third-order valence-corrected chi connectivity index (χ3v) is 5.05.